The summed E-state index contributed by atoms with van der Waals surface area (Å²) in [6.07, 6.45) is 0.613. The second-order valence-electron chi connectivity index (χ2n) is 8.37. The maximum absolute atomic E-state index is 12.9. The zero-order valence-corrected chi connectivity index (χ0v) is 19.0. The molecule has 170 valence electrons. The first-order valence-corrected chi connectivity index (χ1v) is 10.7. The highest BCUT2D eigenvalue weighted by atomic mass is 16.5. The third-order valence-electron chi connectivity index (χ3n) is 5.99. The molecule has 1 aliphatic heterocycles. The van der Waals surface area contributed by atoms with Gasteiger partial charge in [-0.2, -0.15) is 0 Å². The van der Waals surface area contributed by atoms with Crippen molar-refractivity contribution in [2.24, 2.45) is 0 Å². The van der Waals surface area contributed by atoms with Crippen LogP contribution in [-0.2, 0) is 13.1 Å². The summed E-state index contributed by atoms with van der Waals surface area (Å²) in [6.45, 7) is 4.88. The van der Waals surface area contributed by atoms with Gasteiger partial charge in [-0.05, 0) is 24.5 Å². The monoisotopic (exact) mass is 438 g/mol. The highest BCUT2D eigenvalue weighted by Gasteiger charge is 2.20. The van der Waals surface area contributed by atoms with E-state index >= 15 is 0 Å². The lowest BCUT2D eigenvalue weighted by atomic mass is 10.1. The number of nitrogens with one attached hydrogen (secondary N) is 1. The lowest BCUT2D eigenvalue weighted by Gasteiger charge is -2.20. The van der Waals surface area contributed by atoms with E-state index < -0.39 is 0 Å². The second-order valence-corrected chi connectivity index (χ2v) is 8.37. The van der Waals surface area contributed by atoms with Crippen LogP contribution in [0.15, 0.2) is 35.1 Å². The Morgan fingerprint density at radius 3 is 2.72 bits per heavy atom. The maximum Gasteiger partial charge on any atom is 0.260 e. The van der Waals surface area contributed by atoms with Crippen molar-refractivity contribution >= 4 is 16.9 Å². The summed E-state index contributed by atoms with van der Waals surface area (Å²) >= 11 is 0. The Balaban J connectivity index is 1.58. The number of benzene rings is 2. The zero-order valence-electron chi connectivity index (χ0n) is 19.0. The van der Waals surface area contributed by atoms with Gasteiger partial charge in [0.25, 0.3) is 5.56 Å². The number of aromatic nitrogens is 2. The van der Waals surface area contributed by atoms with Crippen molar-refractivity contribution in [3.63, 3.8) is 0 Å². The molecule has 32 heavy (non-hydrogen) atoms. The summed E-state index contributed by atoms with van der Waals surface area (Å²) in [4.78, 5) is 24.7. The Kier molecular flexibility index (Phi) is 6.34. The molecule has 0 radical (unpaired) electrons. The lowest BCUT2D eigenvalue weighted by molar-refractivity contribution is 0.175. The highest BCUT2D eigenvalue weighted by Crippen LogP contribution is 2.35. The topological polar surface area (TPSA) is 90.9 Å². The first-order valence-electron chi connectivity index (χ1n) is 10.7. The number of H-pyrrole nitrogens is 1. The van der Waals surface area contributed by atoms with E-state index in [0.29, 0.717) is 40.5 Å². The number of anilines is 1. The fourth-order valence-corrected chi connectivity index (χ4v) is 4.41. The molecule has 2 N–H and O–H groups in total. The average molecular weight is 439 g/mol. The molecule has 0 saturated carbocycles. The first kappa shape index (κ1) is 22.1. The molecule has 0 amide bonds. The number of hydrogen-bond acceptors (Lipinski definition) is 7. The molecule has 0 spiro atoms. The van der Waals surface area contributed by atoms with Crippen LogP contribution in [0.1, 0.15) is 23.1 Å². The van der Waals surface area contributed by atoms with Crippen LogP contribution in [0.25, 0.3) is 10.9 Å². The van der Waals surface area contributed by atoms with Crippen molar-refractivity contribution in [2.45, 2.75) is 32.5 Å². The third kappa shape index (κ3) is 4.42. The molecule has 1 atom stereocenters. The van der Waals surface area contributed by atoms with Crippen LogP contribution < -0.4 is 19.9 Å². The van der Waals surface area contributed by atoms with E-state index in [1.54, 1.807) is 20.3 Å². The lowest BCUT2D eigenvalue weighted by Crippen LogP contribution is -2.24. The van der Waals surface area contributed by atoms with E-state index in [4.69, 9.17) is 9.47 Å². The van der Waals surface area contributed by atoms with Gasteiger partial charge in [0.15, 0.2) is 11.5 Å². The maximum atomic E-state index is 12.9. The van der Waals surface area contributed by atoms with Crippen LogP contribution in [-0.4, -0.2) is 60.4 Å². The van der Waals surface area contributed by atoms with Gasteiger partial charge in [0.1, 0.15) is 0 Å². The zero-order chi connectivity index (χ0) is 22.8. The molecule has 3 aromatic rings. The molecule has 0 bridgehead atoms. The van der Waals surface area contributed by atoms with Crippen LogP contribution in [0.2, 0.25) is 0 Å². The molecule has 8 nitrogen and oxygen atoms in total. The summed E-state index contributed by atoms with van der Waals surface area (Å²) in [5.74, 6) is 1.57. The number of β-amino-alcohol motifs (C(OH)–C–C–N with tert-alkyl or cyclic N) is 1. The predicted octanol–water partition coefficient (Wildman–Crippen LogP) is 2.45. The molecule has 4 rings (SSSR count). The number of fused-ring (bicyclic) bond motifs is 1. The number of rotatable bonds is 7. The number of aryl methyl sites for hydroxylation is 1. The second kappa shape index (κ2) is 9.18. The molecule has 1 unspecified atom stereocenters. The summed E-state index contributed by atoms with van der Waals surface area (Å²) < 4.78 is 10.8. The minimum atomic E-state index is -0.220. The van der Waals surface area contributed by atoms with Gasteiger partial charge in [-0.3, -0.25) is 14.7 Å². The van der Waals surface area contributed by atoms with Gasteiger partial charge in [-0.15, -0.1) is 0 Å². The van der Waals surface area contributed by atoms with E-state index in [0.717, 1.165) is 31.6 Å². The fraction of sp³-hybridized carbons (Fsp3) is 0.417. The van der Waals surface area contributed by atoms with Crippen molar-refractivity contribution in [1.82, 2.24) is 14.9 Å². The van der Waals surface area contributed by atoms with Crippen molar-refractivity contribution in [2.75, 3.05) is 39.3 Å². The van der Waals surface area contributed by atoms with E-state index in [-0.39, 0.29) is 11.7 Å². The van der Waals surface area contributed by atoms with E-state index in [2.05, 4.69) is 33.1 Å². The van der Waals surface area contributed by atoms with Gasteiger partial charge in [-0.1, -0.05) is 24.3 Å². The molecular weight excluding hydrogens is 408 g/mol. The number of likely N-dealkylation sites (tertiary alicyclic amines) is 1. The molecule has 1 fully saturated rings. The highest BCUT2D eigenvalue weighted by molar-refractivity contribution is 5.86. The smallest absolute Gasteiger partial charge is 0.260 e. The Labute approximate surface area is 187 Å². The predicted molar refractivity (Wildman–Crippen MR) is 125 cm³/mol. The molecule has 1 saturated heterocycles. The van der Waals surface area contributed by atoms with Crippen LogP contribution in [0, 0.1) is 6.92 Å². The minimum absolute atomic E-state index is 0.211. The number of nitrogens with zero attached hydrogens (tertiary/aromatic N) is 3. The number of aliphatic hydroxyl groups excluding tert-OH is 1. The first-order chi connectivity index (χ1) is 15.4. The number of ether oxygens (including phenoxy) is 2. The van der Waals surface area contributed by atoms with Crippen LogP contribution >= 0.6 is 0 Å². The Morgan fingerprint density at radius 1 is 1.25 bits per heavy atom. The number of aromatic amines is 1. The largest absolute Gasteiger partial charge is 0.493 e. The van der Waals surface area contributed by atoms with E-state index in [9.17, 15) is 9.90 Å². The van der Waals surface area contributed by atoms with Gasteiger partial charge in [0, 0.05) is 44.9 Å². The molecule has 1 aliphatic rings. The molecule has 1 aromatic heterocycles. The van der Waals surface area contributed by atoms with Crippen molar-refractivity contribution < 1.29 is 14.6 Å². The SMILES string of the molecule is COc1cc2nc(N(C)Cc3cccc(CN4CCC(O)C4)c3)[nH]c(=O)c2c(C)c1OC. The molecule has 2 aromatic carbocycles. The van der Waals surface area contributed by atoms with Gasteiger partial charge < -0.3 is 19.5 Å². The molecule has 8 heteroatoms. The Hall–Kier alpha value is -3.10. The quantitative estimate of drug-likeness (QED) is 0.586. The number of methoxy groups -OCH3 is 2. The van der Waals surface area contributed by atoms with Crippen molar-refractivity contribution in [1.29, 1.82) is 0 Å². The normalized spacial score (nSPS) is 16.5. The van der Waals surface area contributed by atoms with E-state index in [1.807, 2.05) is 24.9 Å². The summed E-state index contributed by atoms with van der Waals surface area (Å²) in [6, 6.07) is 10.1. The number of aliphatic hydroxyl groups is 1. The molecule has 0 aliphatic carbocycles. The summed E-state index contributed by atoms with van der Waals surface area (Å²) in [5, 5.41) is 10.3. The van der Waals surface area contributed by atoms with Crippen LogP contribution in [0.4, 0.5) is 5.95 Å². The van der Waals surface area contributed by atoms with E-state index in [1.165, 1.54) is 5.56 Å². The standard InChI is InChI=1S/C24H30N4O4/c1-15-21-19(11-20(31-3)22(15)32-4)25-24(26-23(21)30)27(2)12-16-6-5-7-17(10-16)13-28-9-8-18(29)14-28/h5-7,10-11,18,29H,8-9,12-14H2,1-4H3,(H,25,26,30). The summed E-state index contributed by atoms with van der Waals surface area (Å²) in [7, 11) is 5.03. The molecular formula is C24H30N4O4. The van der Waals surface area contributed by atoms with Gasteiger partial charge in [-0.25, -0.2) is 4.98 Å². The van der Waals surface area contributed by atoms with Gasteiger partial charge in [0.2, 0.25) is 5.95 Å². The molecule has 2 heterocycles. The third-order valence-corrected chi connectivity index (χ3v) is 5.99. The Morgan fingerprint density at radius 2 is 2.03 bits per heavy atom. The summed E-state index contributed by atoms with van der Waals surface area (Å²) in [5.41, 5.74) is 3.38. The van der Waals surface area contributed by atoms with Gasteiger partial charge in [0.05, 0.1) is 31.2 Å². The average Bonchev–Trinajstić information content (AvgIpc) is 3.17. The minimum Gasteiger partial charge on any atom is -0.493 e. The number of hydrogen-bond donors (Lipinski definition) is 2. The van der Waals surface area contributed by atoms with Gasteiger partial charge >= 0.3 is 0 Å². The van der Waals surface area contributed by atoms with Crippen molar-refractivity contribution in [3.05, 3.63) is 57.4 Å². The fourth-order valence-electron chi connectivity index (χ4n) is 4.41. The van der Waals surface area contributed by atoms with Crippen molar-refractivity contribution in [3.8, 4) is 11.5 Å². The Bertz CT molecular complexity index is 1180. The van der Waals surface area contributed by atoms with Crippen LogP contribution in [0.5, 0.6) is 11.5 Å². The van der Waals surface area contributed by atoms with Crippen LogP contribution in [0.3, 0.4) is 0 Å².